The van der Waals surface area contributed by atoms with E-state index in [4.69, 9.17) is 23.2 Å². The van der Waals surface area contributed by atoms with E-state index in [1.165, 1.54) is 6.33 Å². The third-order valence-electron chi connectivity index (χ3n) is 3.61. The zero-order chi connectivity index (χ0) is 17.1. The molecule has 1 amide bonds. The van der Waals surface area contributed by atoms with Crippen LogP contribution in [0.5, 0.6) is 0 Å². The summed E-state index contributed by atoms with van der Waals surface area (Å²) in [5.41, 5.74) is 2.35. The number of hydrogen-bond donors (Lipinski definition) is 1. The Morgan fingerprint density at radius 1 is 1.12 bits per heavy atom. The van der Waals surface area contributed by atoms with Gasteiger partial charge in [0.15, 0.2) is 0 Å². The van der Waals surface area contributed by atoms with Crippen LogP contribution in [-0.4, -0.2) is 20.7 Å². The monoisotopic (exact) mass is 360 g/mol. The SMILES string of the molecule is C[C@H](NC(=O)c1ccc(Cl)c(Cl)c1)c1ccc(-n2cncn2)cc1. The molecule has 1 aromatic heterocycles. The molecule has 3 aromatic rings. The topological polar surface area (TPSA) is 59.8 Å². The Kier molecular flexibility index (Phi) is 4.83. The van der Waals surface area contributed by atoms with E-state index >= 15 is 0 Å². The lowest BCUT2D eigenvalue weighted by Crippen LogP contribution is -2.26. The van der Waals surface area contributed by atoms with Crippen molar-refractivity contribution in [1.82, 2.24) is 20.1 Å². The highest BCUT2D eigenvalue weighted by molar-refractivity contribution is 6.42. The Morgan fingerprint density at radius 3 is 2.50 bits per heavy atom. The minimum atomic E-state index is -0.207. The molecule has 0 saturated heterocycles. The molecule has 24 heavy (non-hydrogen) atoms. The molecule has 0 saturated carbocycles. The maximum Gasteiger partial charge on any atom is 0.251 e. The van der Waals surface area contributed by atoms with Gasteiger partial charge in [-0.25, -0.2) is 9.67 Å². The maximum absolute atomic E-state index is 12.3. The fraction of sp³-hybridized carbons (Fsp3) is 0.118. The molecule has 0 aliphatic heterocycles. The second-order valence-corrected chi connectivity index (χ2v) is 6.07. The van der Waals surface area contributed by atoms with Crippen LogP contribution in [0, 0.1) is 0 Å². The molecule has 7 heteroatoms. The lowest BCUT2D eigenvalue weighted by molar-refractivity contribution is 0.0940. The summed E-state index contributed by atoms with van der Waals surface area (Å²) in [6.45, 7) is 1.92. The average Bonchev–Trinajstić information content (AvgIpc) is 3.12. The van der Waals surface area contributed by atoms with Gasteiger partial charge < -0.3 is 5.32 Å². The summed E-state index contributed by atoms with van der Waals surface area (Å²) in [5, 5.41) is 7.79. The Balaban J connectivity index is 1.71. The molecular formula is C17H14Cl2N4O. The first-order valence-corrected chi connectivity index (χ1v) is 8.01. The first-order chi connectivity index (χ1) is 11.5. The number of rotatable bonds is 4. The molecule has 122 valence electrons. The first-order valence-electron chi connectivity index (χ1n) is 7.25. The van der Waals surface area contributed by atoms with Gasteiger partial charge in [-0.2, -0.15) is 5.10 Å². The third-order valence-corrected chi connectivity index (χ3v) is 4.34. The number of amides is 1. The summed E-state index contributed by atoms with van der Waals surface area (Å²) in [5.74, 6) is -0.207. The molecule has 0 spiro atoms. The lowest BCUT2D eigenvalue weighted by atomic mass is 10.1. The predicted molar refractivity (Wildman–Crippen MR) is 93.7 cm³/mol. The summed E-state index contributed by atoms with van der Waals surface area (Å²) in [4.78, 5) is 16.2. The standard InChI is InChI=1S/C17H14Cl2N4O/c1-11(22-17(24)13-4-7-15(18)16(19)8-13)12-2-5-14(6-3-12)23-10-20-9-21-23/h2-11H,1H3,(H,22,24)/t11-/m0/s1. The molecule has 1 heterocycles. The summed E-state index contributed by atoms with van der Waals surface area (Å²) in [6, 6.07) is 12.4. The zero-order valence-corrected chi connectivity index (χ0v) is 14.3. The van der Waals surface area contributed by atoms with Crippen LogP contribution in [0.3, 0.4) is 0 Å². The zero-order valence-electron chi connectivity index (χ0n) is 12.8. The lowest BCUT2D eigenvalue weighted by Gasteiger charge is -2.15. The fourth-order valence-corrected chi connectivity index (χ4v) is 2.56. The number of aromatic nitrogens is 3. The van der Waals surface area contributed by atoms with Crippen LogP contribution in [0.1, 0.15) is 28.9 Å². The minimum absolute atomic E-state index is 0.156. The van der Waals surface area contributed by atoms with Crippen LogP contribution in [0.15, 0.2) is 55.1 Å². The molecule has 0 fully saturated rings. The van der Waals surface area contributed by atoms with Crippen LogP contribution >= 0.6 is 23.2 Å². The number of nitrogens with zero attached hydrogens (tertiary/aromatic N) is 3. The van der Waals surface area contributed by atoms with Crippen molar-refractivity contribution in [3.05, 3.63) is 76.3 Å². The van der Waals surface area contributed by atoms with Gasteiger partial charge in [-0.05, 0) is 42.8 Å². The van der Waals surface area contributed by atoms with Crippen LogP contribution in [0.25, 0.3) is 5.69 Å². The molecule has 0 aliphatic carbocycles. The van der Waals surface area contributed by atoms with Crippen molar-refractivity contribution in [3.8, 4) is 5.69 Å². The third kappa shape index (κ3) is 3.58. The van der Waals surface area contributed by atoms with E-state index in [-0.39, 0.29) is 11.9 Å². The largest absolute Gasteiger partial charge is 0.346 e. The van der Waals surface area contributed by atoms with Gasteiger partial charge in [0.2, 0.25) is 0 Å². The summed E-state index contributed by atoms with van der Waals surface area (Å²) >= 11 is 11.8. The Bertz CT molecular complexity index is 848. The van der Waals surface area contributed by atoms with E-state index in [1.807, 2.05) is 31.2 Å². The van der Waals surface area contributed by atoms with Crippen molar-refractivity contribution >= 4 is 29.1 Å². The summed E-state index contributed by atoms with van der Waals surface area (Å²) < 4.78 is 1.67. The Labute approximate surface area is 149 Å². The second kappa shape index (κ2) is 7.03. The van der Waals surface area contributed by atoms with Crippen molar-refractivity contribution in [2.75, 3.05) is 0 Å². The van der Waals surface area contributed by atoms with Gasteiger partial charge in [0.25, 0.3) is 5.91 Å². The van der Waals surface area contributed by atoms with E-state index in [0.29, 0.717) is 15.6 Å². The van der Waals surface area contributed by atoms with Crippen molar-refractivity contribution in [3.63, 3.8) is 0 Å². The van der Waals surface area contributed by atoms with Gasteiger partial charge in [-0.3, -0.25) is 4.79 Å². The number of halogens is 2. The smallest absolute Gasteiger partial charge is 0.251 e. The predicted octanol–water partition coefficient (Wildman–Crippen LogP) is 4.07. The van der Waals surface area contributed by atoms with Crippen LogP contribution in [0.4, 0.5) is 0 Å². The van der Waals surface area contributed by atoms with Crippen molar-refractivity contribution in [2.45, 2.75) is 13.0 Å². The highest BCUT2D eigenvalue weighted by Crippen LogP contribution is 2.23. The molecule has 0 bridgehead atoms. The van der Waals surface area contributed by atoms with Gasteiger partial charge in [0.1, 0.15) is 12.7 Å². The van der Waals surface area contributed by atoms with E-state index in [1.54, 1.807) is 29.2 Å². The quantitative estimate of drug-likeness (QED) is 0.762. The summed E-state index contributed by atoms with van der Waals surface area (Å²) in [7, 11) is 0. The second-order valence-electron chi connectivity index (χ2n) is 5.26. The van der Waals surface area contributed by atoms with Gasteiger partial charge in [-0.1, -0.05) is 35.3 Å². The average molecular weight is 361 g/mol. The number of nitrogens with one attached hydrogen (secondary N) is 1. The number of benzene rings is 2. The van der Waals surface area contributed by atoms with E-state index in [0.717, 1.165) is 11.3 Å². The summed E-state index contributed by atoms with van der Waals surface area (Å²) in [6.07, 6.45) is 3.11. The fourth-order valence-electron chi connectivity index (χ4n) is 2.26. The number of hydrogen-bond acceptors (Lipinski definition) is 3. The molecular weight excluding hydrogens is 347 g/mol. The highest BCUT2D eigenvalue weighted by atomic mass is 35.5. The first kappa shape index (κ1) is 16.5. The van der Waals surface area contributed by atoms with Crippen molar-refractivity contribution < 1.29 is 4.79 Å². The molecule has 5 nitrogen and oxygen atoms in total. The molecule has 1 atom stereocenters. The Hall–Kier alpha value is -2.37. The van der Waals surface area contributed by atoms with Crippen LogP contribution in [-0.2, 0) is 0 Å². The van der Waals surface area contributed by atoms with Gasteiger partial charge >= 0.3 is 0 Å². The maximum atomic E-state index is 12.3. The van der Waals surface area contributed by atoms with E-state index < -0.39 is 0 Å². The highest BCUT2D eigenvalue weighted by Gasteiger charge is 2.13. The van der Waals surface area contributed by atoms with Gasteiger partial charge in [0.05, 0.1) is 21.8 Å². The van der Waals surface area contributed by atoms with E-state index in [9.17, 15) is 4.79 Å². The molecule has 3 rings (SSSR count). The minimum Gasteiger partial charge on any atom is -0.346 e. The normalized spacial score (nSPS) is 12.0. The number of carbonyl (C=O) groups excluding carboxylic acids is 1. The van der Waals surface area contributed by atoms with Crippen LogP contribution < -0.4 is 5.32 Å². The van der Waals surface area contributed by atoms with Crippen molar-refractivity contribution in [2.24, 2.45) is 0 Å². The molecule has 0 unspecified atom stereocenters. The molecule has 0 radical (unpaired) electrons. The number of carbonyl (C=O) groups is 1. The Morgan fingerprint density at radius 2 is 1.88 bits per heavy atom. The van der Waals surface area contributed by atoms with Gasteiger partial charge in [-0.15, -0.1) is 0 Å². The molecule has 1 N–H and O–H groups in total. The van der Waals surface area contributed by atoms with E-state index in [2.05, 4.69) is 15.4 Å². The van der Waals surface area contributed by atoms with Crippen LogP contribution in [0.2, 0.25) is 10.0 Å². The van der Waals surface area contributed by atoms with Gasteiger partial charge in [0, 0.05) is 5.56 Å². The molecule has 2 aromatic carbocycles. The van der Waals surface area contributed by atoms with Crippen molar-refractivity contribution in [1.29, 1.82) is 0 Å². The molecule has 0 aliphatic rings.